The fraction of sp³-hybridized carbons (Fsp3) is 0.118. The first-order valence-corrected chi connectivity index (χ1v) is 8.13. The lowest BCUT2D eigenvalue weighted by Gasteiger charge is -1.97. The van der Waals surface area contributed by atoms with Gasteiger partial charge in [-0.15, -0.1) is 10.2 Å². The van der Waals surface area contributed by atoms with Crippen molar-refractivity contribution in [1.29, 1.82) is 0 Å². The third kappa shape index (κ3) is 3.75. The Balaban J connectivity index is 1.66. The minimum absolute atomic E-state index is 0.336. The van der Waals surface area contributed by atoms with Crippen LogP contribution in [0.2, 0.25) is 0 Å². The molecule has 7 heteroatoms. The van der Waals surface area contributed by atoms with Gasteiger partial charge < -0.3 is 4.42 Å². The number of hydrogen-bond donors (Lipinski definition) is 1. The van der Waals surface area contributed by atoms with E-state index < -0.39 is 0 Å². The van der Waals surface area contributed by atoms with E-state index in [1.165, 1.54) is 29.6 Å². The van der Waals surface area contributed by atoms with Crippen molar-refractivity contribution in [2.45, 2.75) is 13.3 Å². The van der Waals surface area contributed by atoms with Crippen LogP contribution in [0.25, 0.3) is 17.4 Å². The van der Waals surface area contributed by atoms with Crippen LogP contribution in [0.3, 0.4) is 0 Å². The Morgan fingerprint density at radius 3 is 2.88 bits per heavy atom. The van der Waals surface area contributed by atoms with Gasteiger partial charge in [0.25, 0.3) is 0 Å². The Labute approximate surface area is 141 Å². The summed E-state index contributed by atoms with van der Waals surface area (Å²) in [5.74, 6) is 0.167. The van der Waals surface area contributed by atoms with E-state index in [-0.39, 0.29) is 11.7 Å². The van der Waals surface area contributed by atoms with Gasteiger partial charge >= 0.3 is 0 Å². The molecule has 2 heterocycles. The van der Waals surface area contributed by atoms with E-state index in [1.807, 2.05) is 6.92 Å². The number of halogens is 1. The summed E-state index contributed by atoms with van der Waals surface area (Å²) in [6.45, 7) is 1.97. The van der Waals surface area contributed by atoms with Crippen molar-refractivity contribution < 1.29 is 13.6 Å². The lowest BCUT2D eigenvalue weighted by atomic mass is 10.1. The third-order valence-corrected chi connectivity index (χ3v) is 4.15. The molecule has 0 aliphatic carbocycles. The van der Waals surface area contributed by atoms with Gasteiger partial charge in [0, 0.05) is 6.08 Å². The molecular weight excluding hydrogens is 329 g/mol. The van der Waals surface area contributed by atoms with Crippen LogP contribution in [-0.4, -0.2) is 16.1 Å². The van der Waals surface area contributed by atoms with E-state index >= 15 is 0 Å². The molecule has 24 heavy (non-hydrogen) atoms. The van der Waals surface area contributed by atoms with E-state index in [9.17, 15) is 9.18 Å². The highest BCUT2D eigenvalue weighted by Gasteiger charge is 2.08. The molecule has 3 rings (SSSR count). The first-order chi connectivity index (χ1) is 11.7. The number of amides is 1. The highest BCUT2D eigenvalue weighted by molar-refractivity contribution is 7.15. The van der Waals surface area contributed by atoms with Gasteiger partial charge in [0.15, 0.2) is 0 Å². The largest absolute Gasteiger partial charge is 0.457 e. The number of rotatable bonds is 5. The molecule has 0 saturated carbocycles. The van der Waals surface area contributed by atoms with Crippen molar-refractivity contribution in [1.82, 2.24) is 10.2 Å². The van der Waals surface area contributed by atoms with Gasteiger partial charge in [-0.05, 0) is 36.8 Å². The number of furan rings is 1. The van der Waals surface area contributed by atoms with Gasteiger partial charge in [0.1, 0.15) is 22.3 Å². The molecule has 3 aromatic rings. The second kappa shape index (κ2) is 7.18. The van der Waals surface area contributed by atoms with E-state index in [4.69, 9.17) is 4.42 Å². The Morgan fingerprint density at radius 1 is 1.29 bits per heavy atom. The van der Waals surface area contributed by atoms with Gasteiger partial charge in [-0.2, -0.15) is 0 Å². The average Bonchev–Trinajstić information content (AvgIpc) is 3.22. The SMILES string of the molecule is CCc1nnc(NC(=O)/C=C/c2ccc(-c3ccccc3F)o2)s1. The summed E-state index contributed by atoms with van der Waals surface area (Å²) in [5.41, 5.74) is 0.377. The number of carbonyl (C=O) groups excluding carboxylic acids is 1. The predicted molar refractivity (Wildman–Crippen MR) is 91.1 cm³/mol. The molecule has 1 amide bonds. The normalized spacial score (nSPS) is 11.1. The third-order valence-electron chi connectivity index (χ3n) is 3.16. The fourth-order valence-corrected chi connectivity index (χ4v) is 2.68. The monoisotopic (exact) mass is 343 g/mol. The van der Waals surface area contributed by atoms with Crippen LogP contribution >= 0.6 is 11.3 Å². The zero-order valence-corrected chi connectivity index (χ0v) is 13.6. The zero-order chi connectivity index (χ0) is 16.9. The highest BCUT2D eigenvalue weighted by atomic mass is 32.1. The Kier molecular flexibility index (Phi) is 4.81. The number of aryl methyl sites for hydroxylation is 1. The van der Waals surface area contributed by atoms with Crippen LogP contribution in [0.4, 0.5) is 9.52 Å². The summed E-state index contributed by atoms with van der Waals surface area (Å²) in [6, 6.07) is 9.68. The Morgan fingerprint density at radius 2 is 2.12 bits per heavy atom. The summed E-state index contributed by atoms with van der Waals surface area (Å²) in [7, 11) is 0. The van der Waals surface area contributed by atoms with Crippen molar-refractivity contribution in [3.05, 3.63) is 59.1 Å². The molecule has 0 atom stereocenters. The topological polar surface area (TPSA) is 68.0 Å². The van der Waals surface area contributed by atoms with Crippen molar-refractivity contribution >= 4 is 28.5 Å². The number of carbonyl (C=O) groups is 1. The lowest BCUT2D eigenvalue weighted by Crippen LogP contribution is -2.07. The average molecular weight is 343 g/mol. The predicted octanol–water partition coefficient (Wildman–Crippen LogP) is 4.15. The summed E-state index contributed by atoms with van der Waals surface area (Å²) in [6.07, 6.45) is 3.62. The van der Waals surface area contributed by atoms with Gasteiger partial charge in [-0.3, -0.25) is 10.1 Å². The standard InChI is InChI=1S/C17H14FN3O2S/c1-2-16-20-21-17(24-16)19-15(22)10-8-11-7-9-14(23-11)12-5-3-4-6-13(12)18/h3-10H,2H2,1H3,(H,19,21,22)/b10-8+. The first-order valence-electron chi connectivity index (χ1n) is 7.32. The van der Waals surface area contributed by atoms with Crippen LogP contribution in [0.1, 0.15) is 17.7 Å². The first kappa shape index (κ1) is 16.1. The second-order valence-electron chi connectivity index (χ2n) is 4.86. The minimum Gasteiger partial charge on any atom is -0.457 e. The van der Waals surface area contributed by atoms with Crippen LogP contribution in [0.5, 0.6) is 0 Å². The molecule has 0 fully saturated rings. The molecule has 1 aromatic carbocycles. The van der Waals surface area contributed by atoms with E-state index in [1.54, 1.807) is 30.3 Å². The number of aromatic nitrogens is 2. The molecule has 5 nitrogen and oxygen atoms in total. The highest BCUT2D eigenvalue weighted by Crippen LogP contribution is 2.25. The van der Waals surface area contributed by atoms with Gasteiger partial charge in [-0.1, -0.05) is 30.4 Å². The molecule has 0 unspecified atom stereocenters. The number of nitrogens with zero attached hydrogens (tertiary/aromatic N) is 2. The molecular formula is C17H14FN3O2S. The molecule has 0 spiro atoms. The van der Waals surface area contributed by atoms with Gasteiger partial charge in [-0.25, -0.2) is 4.39 Å². The van der Waals surface area contributed by atoms with E-state index in [0.29, 0.717) is 22.2 Å². The quantitative estimate of drug-likeness (QED) is 0.707. The van der Waals surface area contributed by atoms with Crippen molar-refractivity contribution in [2.24, 2.45) is 0 Å². The van der Waals surface area contributed by atoms with Crippen LogP contribution in [0.15, 0.2) is 46.9 Å². The van der Waals surface area contributed by atoms with Crippen LogP contribution < -0.4 is 5.32 Å². The van der Waals surface area contributed by atoms with Crippen molar-refractivity contribution in [3.63, 3.8) is 0 Å². The van der Waals surface area contributed by atoms with Gasteiger partial charge in [0.2, 0.25) is 11.0 Å². The molecule has 1 N–H and O–H groups in total. The zero-order valence-electron chi connectivity index (χ0n) is 12.8. The molecule has 0 aliphatic rings. The van der Waals surface area contributed by atoms with Crippen molar-refractivity contribution in [2.75, 3.05) is 5.32 Å². The van der Waals surface area contributed by atoms with Crippen LogP contribution in [-0.2, 0) is 11.2 Å². The minimum atomic E-state index is -0.358. The van der Waals surface area contributed by atoms with Gasteiger partial charge in [0.05, 0.1) is 5.56 Å². The smallest absolute Gasteiger partial charge is 0.250 e. The molecule has 2 aromatic heterocycles. The summed E-state index contributed by atoms with van der Waals surface area (Å²) in [5, 5.41) is 11.7. The number of nitrogens with one attached hydrogen (secondary N) is 1. The maximum atomic E-state index is 13.7. The maximum absolute atomic E-state index is 13.7. The summed E-state index contributed by atoms with van der Waals surface area (Å²) < 4.78 is 19.3. The van der Waals surface area contributed by atoms with E-state index in [0.717, 1.165) is 11.4 Å². The Hall–Kier alpha value is -2.80. The second-order valence-corrected chi connectivity index (χ2v) is 5.92. The molecule has 0 radical (unpaired) electrons. The van der Waals surface area contributed by atoms with Crippen molar-refractivity contribution in [3.8, 4) is 11.3 Å². The number of hydrogen-bond acceptors (Lipinski definition) is 5. The molecule has 0 saturated heterocycles. The fourth-order valence-electron chi connectivity index (χ4n) is 2.00. The van der Waals surface area contributed by atoms with E-state index in [2.05, 4.69) is 15.5 Å². The number of anilines is 1. The lowest BCUT2D eigenvalue weighted by molar-refractivity contribution is -0.111. The molecule has 0 aliphatic heterocycles. The summed E-state index contributed by atoms with van der Waals surface area (Å²) in [4.78, 5) is 11.9. The molecule has 122 valence electrons. The Bertz CT molecular complexity index is 885. The van der Waals surface area contributed by atoms with Crippen LogP contribution in [0, 0.1) is 5.82 Å². The summed E-state index contributed by atoms with van der Waals surface area (Å²) >= 11 is 1.33. The number of benzene rings is 1. The molecule has 0 bridgehead atoms. The maximum Gasteiger partial charge on any atom is 0.250 e.